The van der Waals surface area contributed by atoms with Crippen LogP contribution in [-0.4, -0.2) is 44.5 Å². The largest absolute Gasteiger partial charge is 0.480 e. The van der Waals surface area contributed by atoms with E-state index in [1.54, 1.807) is 18.0 Å². The summed E-state index contributed by atoms with van der Waals surface area (Å²) in [5.74, 6) is -0.313. The number of carbonyl (C=O) groups is 2. The molecule has 196 valence electrons. The summed E-state index contributed by atoms with van der Waals surface area (Å²) in [4.78, 5) is 40.4. The number of aliphatic carboxylic acids is 1. The van der Waals surface area contributed by atoms with Crippen molar-refractivity contribution in [3.63, 3.8) is 0 Å². The third-order valence-electron chi connectivity index (χ3n) is 7.22. The van der Waals surface area contributed by atoms with Crippen LogP contribution in [-0.2, 0) is 9.59 Å². The van der Waals surface area contributed by atoms with Gasteiger partial charge in [-0.1, -0.05) is 30.3 Å². The molecule has 39 heavy (non-hydrogen) atoms. The van der Waals surface area contributed by atoms with Crippen LogP contribution >= 0.6 is 0 Å². The van der Waals surface area contributed by atoms with Crippen LogP contribution in [0.2, 0.25) is 0 Å². The topological polar surface area (TPSA) is 121 Å². The minimum Gasteiger partial charge on any atom is -0.480 e. The average Bonchev–Trinajstić information content (AvgIpc) is 3.51. The number of anilines is 2. The highest BCUT2D eigenvalue weighted by molar-refractivity contribution is 6.06. The Hall–Kier alpha value is -4.79. The second-order valence-electron chi connectivity index (χ2n) is 9.94. The number of pyridine rings is 1. The van der Waals surface area contributed by atoms with Gasteiger partial charge in [-0.3, -0.25) is 9.78 Å². The van der Waals surface area contributed by atoms with Gasteiger partial charge in [0.05, 0.1) is 0 Å². The molecule has 1 aliphatic rings. The molecule has 1 saturated heterocycles. The predicted octanol–water partition coefficient (Wildman–Crippen LogP) is 5.36. The number of para-hydroxylation sites is 1. The molecule has 0 unspecified atom stereocenters. The van der Waals surface area contributed by atoms with Crippen molar-refractivity contribution in [1.82, 2.24) is 15.0 Å². The van der Waals surface area contributed by atoms with Crippen LogP contribution < -0.4 is 10.2 Å². The number of hydrogen-bond acceptors (Lipinski definition) is 7. The fraction of sp³-hybridized carbons (Fsp3) is 0.233. The van der Waals surface area contributed by atoms with E-state index in [9.17, 15) is 14.7 Å². The van der Waals surface area contributed by atoms with Crippen LogP contribution in [0.4, 0.5) is 11.5 Å². The van der Waals surface area contributed by atoms with E-state index >= 15 is 0 Å². The third-order valence-corrected chi connectivity index (χ3v) is 7.22. The van der Waals surface area contributed by atoms with Crippen LogP contribution in [0.3, 0.4) is 0 Å². The Morgan fingerprint density at radius 3 is 2.62 bits per heavy atom. The summed E-state index contributed by atoms with van der Waals surface area (Å²) in [5, 5.41) is 13.8. The lowest BCUT2D eigenvalue weighted by Crippen LogP contribution is -2.36. The third kappa shape index (κ3) is 4.67. The normalized spacial score (nSPS) is 17.1. The first kappa shape index (κ1) is 24.5. The van der Waals surface area contributed by atoms with E-state index in [0.29, 0.717) is 47.0 Å². The van der Waals surface area contributed by atoms with E-state index in [1.165, 1.54) is 0 Å². The maximum Gasteiger partial charge on any atom is 0.326 e. The molecule has 0 bridgehead atoms. The maximum absolute atomic E-state index is 12.9. The lowest BCUT2D eigenvalue weighted by molar-refractivity contribution is -0.138. The van der Waals surface area contributed by atoms with Gasteiger partial charge in [-0.2, -0.15) is 0 Å². The summed E-state index contributed by atoms with van der Waals surface area (Å²) in [6, 6.07) is 18.3. The highest BCUT2D eigenvalue weighted by Gasteiger charge is 2.40. The molecule has 1 amide bonds. The SMILES string of the molecule is Cc1nc(N2C[C@@H](CC(=O)Nc3ccc(-c4cccnc4C)cc3)C[C@H]2C(=O)O)c2oc3ccccc3c2n1. The molecule has 9 nitrogen and oxygen atoms in total. The van der Waals surface area contributed by atoms with E-state index < -0.39 is 12.0 Å². The van der Waals surface area contributed by atoms with Gasteiger partial charge >= 0.3 is 5.97 Å². The van der Waals surface area contributed by atoms with Gasteiger partial charge in [0.2, 0.25) is 5.91 Å². The van der Waals surface area contributed by atoms with Gasteiger partial charge in [-0.05, 0) is 62.1 Å². The maximum atomic E-state index is 12.9. The van der Waals surface area contributed by atoms with E-state index in [0.717, 1.165) is 22.2 Å². The van der Waals surface area contributed by atoms with Crippen molar-refractivity contribution in [3.8, 4) is 11.1 Å². The molecule has 4 heterocycles. The number of fused-ring (bicyclic) bond motifs is 3. The number of nitrogens with one attached hydrogen (secondary N) is 1. The van der Waals surface area contributed by atoms with Crippen molar-refractivity contribution < 1.29 is 19.1 Å². The molecule has 0 saturated carbocycles. The molecular weight excluding hydrogens is 494 g/mol. The number of aryl methyl sites for hydroxylation is 2. The standard InChI is InChI=1S/C30H27N5O4/c1-17-22(7-5-13-31-17)20-9-11-21(12-10-20)34-26(36)15-19-14-24(30(37)38)35(16-19)29-28-27(32-18(2)33-29)23-6-3-4-8-25(23)39-28/h3-13,19,24H,14-16H2,1-2H3,(H,34,36)(H,37,38)/t19-,24+/m1/s1. The molecule has 2 aromatic carbocycles. The van der Waals surface area contributed by atoms with Gasteiger partial charge in [0.15, 0.2) is 11.4 Å². The first-order valence-corrected chi connectivity index (χ1v) is 12.8. The zero-order chi connectivity index (χ0) is 27.1. The quantitative estimate of drug-likeness (QED) is 0.306. The molecule has 1 fully saturated rings. The molecule has 0 radical (unpaired) electrons. The molecule has 2 N–H and O–H groups in total. The summed E-state index contributed by atoms with van der Waals surface area (Å²) >= 11 is 0. The Labute approximate surface area is 224 Å². The van der Waals surface area contributed by atoms with Gasteiger partial charge in [0.1, 0.15) is 23.0 Å². The number of carboxylic acid groups (broad SMARTS) is 1. The summed E-state index contributed by atoms with van der Waals surface area (Å²) in [7, 11) is 0. The number of nitrogens with zero attached hydrogens (tertiary/aromatic N) is 4. The molecule has 6 rings (SSSR count). The van der Waals surface area contributed by atoms with Gasteiger partial charge in [0, 0.05) is 41.5 Å². The average molecular weight is 522 g/mol. The predicted molar refractivity (Wildman–Crippen MR) is 149 cm³/mol. The zero-order valence-corrected chi connectivity index (χ0v) is 21.6. The number of carboxylic acids is 1. The van der Waals surface area contributed by atoms with Crippen molar-refractivity contribution in [2.45, 2.75) is 32.7 Å². The number of furan rings is 1. The van der Waals surface area contributed by atoms with Crippen LogP contribution in [0, 0.1) is 19.8 Å². The van der Waals surface area contributed by atoms with Crippen LogP contribution in [0.25, 0.3) is 33.2 Å². The van der Waals surface area contributed by atoms with E-state index in [-0.39, 0.29) is 18.2 Å². The Balaban J connectivity index is 1.20. The summed E-state index contributed by atoms with van der Waals surface area (Å²) < 4.78 is 6.08. The number of rotatable bonds is 6. The molecular formula is C30H27N5O4. The van der Waals surface area contributed by atoms with Crippen molar-refractivity contribution in [2.24, 2.45) is 5.92 Å². The van der Waals surface area contributed by atoms with Crippen LogP contribution in [0.1, 0.15) is 24.4 Å². The fourth-order valence-electron chi connectivity index (χ4n) is 5.42. The van der Waals surface area contributed by atoms with Crippen molar-refractivity contribution in [3.05, 3.63) is 78.4 Å². The van der Waals surface area contributed by atoms with Gasteiger partial charge in [-0.15, -0.1) is 0 Å². The molecule has 0 spiro atoms. The summed E-state index contributed by atoms with van der Waals surface area (Å²) in [5.41, 5.74) is 5.47. The minimum absolute atomic E-state index is 0.163. The Morgan fingerprint density at radius 2 is 1.85 bits per heavy atom. The summed E-state index contributed by atoms with van der Waals surface area (Å²) in [6.45, 7) is 4.11. The first-order chi connectivity index (χ1) is 18.9. The van der Waals surface area contributed by atoms with Crippen LogP contribution in [0.15, 0.2) is 71.3 Å². The fourth-order valence-corrected chi connectivity index (χ4v) is 5.42. The minimum atomic E-state index is -0.959. The molecule has 9 heteroatoms. The number of amides is 1. The van der Waals surface area contributed by atoms with Gasteiger partial charge < -0.3 is 19.7 Å². The Kier molecular flexibility index (Phi) is 6.18. The van der Waals surface area contributed by atoms with Crippen LogP contribution in [0.5, 0.6) is 0 Å². The smallest absolute Gasteiger partial charge is 0.326 e. The Morgan fingerprint density at radius 1 is 1.05 bits per heavy atom. The highest BCUT2D eigenvalue weighted by Crippen LogP contribution is 2.38. The lowest BCUT2D eigenvalue weighted by Gasteiger charge is -2.22. The zero-order valence-electron chi connectivity index (χ0n) is 21.6. The second-order valence-corrected chi connectivity index (χ2v) is 9.94. The monoisotopic (exact) mass is 521 g/mol. The van der Waals surface area contributed by atoms with Gasteiger partial charge in [0.25, 0.3) is 0 Å². The van der Waals surface area contributed by atoms with Crippen molar-refractivity contribution in [1.29, 1.82) is 0 Å². The molecule has 1 aliphatic heterocycles. The second kappa shape index (κ2) is 9.83. The highest BCUT2D eigenvalue weighted by atomic mass is 16.4. The van der Waals surface area contributed by atoms with Crippen molar-refractivity contribution in [2.75, 3.05) is 16.8 Å². The van der Waals surface area contributed by atoms with E-state index in [2.05, 4.69) is 20.3 Å². The molecule has 3 aromatic heterocycles. The molecule has 2 atom stereocenters. The van der Waals surface area contributed by atoms with E-state index in [1.807, 2.05) is 67.6 Å². The number of carbonyl (C=O) groups excluding carboxylic acids is 1. The van der Waals surface area contributed by atoms with Gasteiger partial charge in [-0.25, -0.2) is 14.8 Å². The Bertz CT molecular complexity index is 1710. The first-order valence-electron chi connectivity index (χ1n) is 12.8. The molecule has 0 aliphatic carbocycles. The van der Waals surface area contributed by atoms with Crippen molar-refractivity contribution >= 4 is 45.5 Å². The lowest BCUT2D eigenvalue weighted by atomic mass is 10.0. The summed E-state index contributed by atoms with van der Waals surface area (Å²) in [6.07, 6.45) is 2.28. The molecule has 5 aromatic rings. The number of benzene rings is 2. The number of aromatic nitrogens is 3. The number of hydrogen-bond donors (Lipinski definition) is 2. The van der Waals surface area contributed by atoms with E-state index in [4.69, 9.17) is 4.42 Å².